The van der Waals surface area contributed by atoms with E-state index in [0.29, 0.717) is 0 Å². The molecule has 1 amide bonds. The van der Waals surface area contributed by atoms with Crippen molar-refractivity contribution in [1.29, 1.82) is 0 Å². The normalized spacial score (nSPS) is 15.7. The summed E-state index contributed by atoms with van der Waals surface area (Å²) in [4.78, 5) is 28.9. The van der Waals surface area contributed by atoms with Gasteiger partial charge in [-0.3, -0.25) is 9.59 Å². The summed E-state index contributed by atoms with van der Waals surface area (Å²) in [6.07, 6.45) is 2.95. The Labute approximate surface area is 159 Å². The number of carbonyl (C=O) groups excluding carboxylic acids is 2. The number of aryl methyl sites for hydroxylation is 1. The molecule has 2 heterocycles. The lowest BCUT2D eigenvalue weighted by Gasteiger charge is -2.25. The molecule has 1 aromatic carbocycles. The van der Waals surface area contributed by atoms with Crippen molar-refractivity contribution in [3.05, 3.63) is 57.8 Å². The molecule has 1 unspecified atom stereocenters. The summed E-state index contributed by atoms with van der Waals surface area (Å²) >= 11 is 1.49. The number of Topliss-reactive ketones (excluding diaryl/α,β-unsaturated/α-hetero) is 1. The van der Waals surface area contributed by atoms with Crippen LogP contribution in [0.5, 0.6) is 0 Å². The van der Waals surface area contributed by atoms with Crippen LogP contribution in [0.15, 0.2) is 42.5 Å². The molecular formula is C21H26N2O2S. The van der Waals surface area contributed by atoms with Gasteiger partial charge in [-0.15, -0.1) is 11.3 Å². The highest BCUT2D eigenvalue weighted by Gasteiger charge is 2.21. The second-order valence-electron chi connectivity index (χ2n) is 6.87. The third-order valence-electron chi connectivity index (χ3n) is 4.77. The van der Waals surface area contributed by atoms with Crippen LogP contribution in [0.2, 0.25) is 0 Å². The average Bonchev–Trinajstić information content (AvgIpc) is 3.31. The van der Waals surface area contributed by atoms with Gasteiger partial charge in [-0.1, -0.05) is 30.3 Å². The number of ketones is 1. The second-order valence-corrected chi connectivity index (χ2v) is 8.16. The Kier molecular flexibility index (Phi) is 6.58. The number of carbonyl (C=O) groups is 2. The Bertz CT molecular complexity index is 735. The quantitative estimate of drug-likeness (QED) is 0.715. The first-order chi connectivity index (χ1) is 12.6. The van der Waals surface area contributed by atoms with E-state index in [0.717, 1.165) is 35.0 Å². The molecule has 0 saturated carbocycles. The molecule has 0 bridgehead atoms. The van der Waals surface area contributed by atoms with Gasteiger partial charge < -0.3 is 10.2 Å². The number of hydrogen-bond donors (Lipinski definition) is 1. The van der Waals surface area contributed by atoms with E-state index in [-0.39, 0.29) is 30.6 Å². The molecule has 1 N–H and O–H groups in total. The van der Waals surface area contributed by atoms with Gasteiger partial charge in [0.15, 0.2) is 5.78 Å². The Morgan fingerprint density at radius 3 is 2.46 bits per heavy atom. The molecule has 1 fully saturated rings. The van der Waals surface area contributed by atoms with Crippen molar-refractivity contribution < 1.29 is 9.59 Å². The molecule has 3 rings (SSSR count). The van der Waals surface area contributed by atoms with Crippen molar-refractivity contribution in [2.75, 3.05) is 19.6 Å². The summed E-state index contributed by atoms with van der Waals surface area (Å²) in [5.41, 5.74) is 1.12. The zero-order chi connectivity index (χ0) is 18.4. The largest absolute Gasteiger partial charge is 0.348 e. The van der Waals surface area contributed by atoms with Crippen LogP contribution >= 0.6 is 11.3 Å². The van der Waals surface area contributed by atoms with E-state index in [2.05, 4.69) is 22.3 Å². The van der Waals surface area contributed by atoms with Crippen LogP contribution in [-0.4, -0.2) is 36.2 Å². The Morgan fingerprint density at radius 1 is 1.08 bits per heavy atom. The summed E-state index contributed by atoms with van der Waals surface area (Å²) in [7, 11) is 0. The molecule has 0 aliphatic carbocycles. The number of amides is 1. The lowest BCUT2D eigenvalue weighted by molar-refractivity contribution is -0.121. The topological polar surface area (TPSA) is 49.4 Å². The fourth-order valence-electron chi connectivity index (χ4n) is 3.34. The molecule has 1 aliphatic rings. The number of likely N-dealkylation sites (tertiary alicyclic amines) is 1. The van der Waals surface area contributed by atoms with E-state index >= 15 is 0 Å². The Hall–Kier alpha value is -1.98. The number of benzene rings is 1. The van der Waals surface area contributed by atoms with Crippen molar-refractivity contribution >= 4 is 23.0 Å². The Morgan fingerprint density at radius 2 is 1.81 bits per heavy atom. The van der Waals surface area contributed by atoms with E-state index < -0.39 is 0 Å². The maximum Gasteiger partial charge on any atom is 0.220 e. The number of hydrogen-bond acceptors (Lipinski definition) is 4. The highest BCUT2D eigenvalue weighted by molar-refractivity contribution is 7.14. The first-order valence-electron chi connectivity index (χ1n) is 9.28. The van der Waals surface area contributed by atoms with Crippen molar-refractivity contribution in [3.63, 3.8) is 0 Å². The highest BCUT2D eigenvalue weighted by atomic mass is 32.1. The van der Waals surface area contributed by atoms with Crippen LogP contribution in [0.1, 0.15) is 51.8 Å². The van der Waals surface area contributed by atoms with Crippen LogP contribution in [0.3, 0.4) is 0 Å². The van der Waals surface area contributed by atoms with Gasteiger partial charge in [-0.25, -0.2) is 0 Å². The van der Waals surface area contributed by atoms with Crippen molar-refractivity contribution in [2.45, 2.75) is 38.6 Å². The molecule has 26 heavy (non-hydrogen) atoms. The first kappa shape index (κ1) is 18.8. The zero-order valence-corrected chi connectivity index (χ0v) is 16.1. The fourth-order valence-corrected chi connectivity index (χ4v) is 4.18. The fraction of sp³-hybridized carbons (Fsp3) is 0.429. The van der Waals surface area contributed by atoms with Crippen LogP contribution in [0.25, 0.3) is 0 Å². The van der Waals surface area contributed by atoms with Gasteiger partial charge in [0, 0.05) is 24.3 Å². The van der Waals surface area contributed by atoms with Crippen LogP contribution in [0, 0.1) is 6.92 Å². The molecule has 2 aromatic rings. The maximum atomic E-state index is 12.5. The molecule has 1 aliphatic heterocycles. The van der Waals surface area contributed by atoms with E-state index in [1.54, 1.807) is 0 Å². The summed E-state index contributed by atoms with van der Waals surface area (Å²) < 4.78 is 0. The van der Waals surface area contributed by atoms with Gasteiger partial charge >= 0.3 is 0 Å². The van der Waals surface area contributed by atoms with Gasteiger partial charge in [0.05, 0.1) is 10.9 Å². The molecule has 0 radical (unpaired) electrons. The summed E-state index contributed by atoms with van der Waals surface area (Å²) in [6.45, 7) is 5.00. The van der Waals surface area contributed by atoms with Crippen LogP contribution in [-0.2, 0) is 4.79 Å². The van der Waals surface area contributed by atoms with Gasteiger partial charge in [0.2, 0.25) is 5.91 Å². The van der Waals surface area contributed by atoms with Crippen LogP contribution < -0.4 is 5.32 Å². The molecule has 5 heteroatoms. The van der Waals surface area contributed by atoms with Gasteiger partial charge in [-0.2, -0.15) is 0 Å². The minimum atomic E-state index is -0.0559. The van der Waals surface area contributed by atoms with Crippen molar-refractivity contribution in [3.8, 4) is 0 Å². The maximum absolute atomic E-state index is 12.5. The monoisotopic (exact) mass is 370 g/mol. The molecule has 4 nitrogen and oxygen atoms in total. The zero-order valence-electron chi connectivity index (χ0n) is 15.2. The van der Waals surface area contributed by atoms with Gasteiger partial charge in [0.25, 0.3) is 0 Å². The van der Waals surface area contributed by atoms with Crippen LogP contribution in [0.4, 0.5) is 0 Å². The summed E-state index contributed by atoms with van der Waals surface area (Å²) in [5, 5.41) is 3.14. The standard InChI is InChI=1S/C21H26N2O2S/c1-16-9-11-20(26-16)19(24)10-12-21(25)22-18(15-23-13-5-6-14-23)17-7-3-2-4-8-17/h2-4,7-9,11,18H,5-6,10,12-15H2,1H3,(H,22,25). The SMILES string of the molecule is Cc1ccc(C(=O)CCC(=O)NC(CN2CCCC2)c2ccccc2)s1. The minimum Gasteiger partial charge on any atom is -0.348 e. The van der Waals surface area contributed by atoms with Crippen molar-refractivity contribution in [2.24, 2.45) is 0 Å². The van der Waals surface area contributed by atoms with E-state index in [1.165, 1.54) is 24.2 Å². The molecule has 138 valence electrons. The first-order valence-corrected chi connectivity index (χ1v) is 10.1. The lowest BCUT2D eigenvalue weighted by Crippen LogP contribution is -2.37. The summed E-state index contributed by atoms with van der Waals surface area (Å²) in [5.74, 6) is -0.00580. The highest BCUT2D eigenvalue weighted by Crippen LogP contribution is 2.19. The third-order valence-corrected chi connectivity index (χ3v) is 5.81. The molecule has 1 atom stereocenters. The molecule has 1 saturated heterocycles. The van der Waals surface area contributed by atoms with Gasteiger partial charge in [-0.05, 0) is 50.6 Å². The number of nitrogens with zero attached hydrogens (tertiary/aromatic N) is 1. The lowest BCUT2D eigenvalue weighted by atomic mass is 10.1. The smallest absolute Gasteiger partial charge is 0.220 e. The van der Waals surface area contributed by atoms with Crippen molar-refractivity contribution in [1.82, 2.24) is 10.2 Å². The van der Waals surface area contributed by atoms with E-state index in [4.69, 9.17) is 0 Å². The predicted octanol–water partition coefficient (Wildman–Crippen LogP) is 3.97. The molecule has 0 spiro atoms. The summed E-state index contributed by atoms with van der Waals surface area (Å²) in [6, 6.07) is 13.9. The second kappa shape index (κ2) is 9.10. The number of rotatable bonds is 8. The minimum absolute atomic E-state index is 0.0270. The van der Waals surface area contributed by atoms with Gasteiger partial charge in [0.1, 0.15) is 0 Å². The van der Waals surface area contributed by atoms with E-state index in [1.807, 2.05) is 37.3 Å². The predicted molar refractivity (Wildman–Crippen MR) is 106 cm³/mol. The number of thiophene rings is 1. The molecular weight excluding hydrogens is 344 g/mol. The molecule has 1 aromatic heterocycles. The third kappa shape index (κ3) is 5.26. The Balaban J connectivity index is 1.56. The van der Waals surface area contributed by atoms with E-state index in [9.17, 15) is 9.59 Å². The number of nitrogens with one attached hydrogen (secondary N) is 1. The average molecular weight is 371 g/mol.